The van der Waals surface area contributed by atoms with Crippen LogP contribution < -0.4 is 0 Å². The van der Waals surface area contributed by atoms with Gasteiger partial charge < -0.3 is 15.3 Å². The van der Waals surface area contributed by atoms with E-state index in [0.29, 0.717) is 6.42 Å². The molecule has 0 fully saturated rings. The van der Waals surface area contributed by atoms with Crippen molar-refractivity contribution in [2.24, 2.45) is 0 Å². The van der Waals surface area contributed by atoms with Crippen LogP contribution in [-0.4, -0.2) is 21.3 Å². The summed E-state index contributed by atoms with van der Waals surface area (Å²) in [7, 11) is 0. The third-order valence-electron chi connectivity index (χ3n) is 3.58. The fourth-order valence-electron chi connectivity index (χ4n) is 2.21. The molecule has 0 amide bonds. The van der Waals surface area contributed by atoms with Crippen LogP contribution in [0.3, 0.4) is 0 Å². The molecular formula is C20H20O4. The maximum Gasteiger partial charge on any atom is 0.335 e. The topological polar surface area (TPSA) is 77.8 Å². The number of hydrogen-bond donors (Lipinski definition) is 3. The van der Waals surface area contributed by atoms with Crippen molar-refractivity contribution in [3.05, 3.63) is 70.3 Å². The number of phenolic OH excluding ortho intramolecular Hbond substituents is 2. The minimum absolute atomic E-state index is 0.143. The van der Waals surface area contributed by atoms with Crippen molar-refractivity contribution < 1.29 is 20.1 Å². The molecule has 0 aliphatic heterocycles. The first kappa shape index (κ1) is 17.3. The van der Waals surface area contributed by atoms with Crippen LogP contribution in [-0.2, 0) is 6.42 Å². The van der Waals surface area contributed by atoms with E-state index in [1.54, 1.807) is 30.3 Å². The van der Waals surface area contributed by atoms with Crippen LogP contribution in [0.15, 0.2) is 48.0 Å². The second-order valence-electron chi connectivity index (χ2n) is 5.79. The minimum atomic E-state index is -0.960. The molecule has 0 saturated carbocycles. The number of aromatic hydroxyl groups is 2. The normalized spacial score (nSPS) is 10.8. The molecule has 124 valence electrons. The van der Waals surface area contributed by atoms with Crippen LogP contribution in [0.5, 0.6) is 11.5 Å². The van der Waals surface area contributed by atoms with Gasteiger partial charge in [-0.1, -0.05) is 35.9 Å². The average Bonchev–Trinajstić information content (AvgIpc) is 2.54. The van der Waals surface area contributed by atoms with Crippen molar-refractivity contribution in [2.45, 2.75) is 20.3 Å². The van der Waals surface area contributed by atoms with E-state index in [1.807, 2.05) is 32.1 Å². The smallest absolute Gasteiger partial charge is 0.335 e. The van der Waals surface area contributed by atoms with Gasteiger partial charge in [0.05, 0.1) is 5.56 Å². The summed E-state index contributed by atoms with van der Waals surface area (Å²) < 4.78 is 0. The average molecular weight is 324 g/mol. The molecule has 0 unspecified atom stereocenters. The summed E-state index contributed by atoms with van der Waals surface area (Å²) in [5, 5.41) is 28.3. The van der Waals surface area contributed by atoms with Crippen LogP contribution in [0.1, 0.15) is 40.9 Å². The van der Waals surface area contributed by atoms with Crippen molar-refractivity contribution in [1.82, 2.24) is 0 Å². The van der Waals surface area contributed by atoms with Gasteiger partial charge in [0.25, 0.3) is 0 Å². The molecular weight excluding hydrogens is 304 g/mol. The van der Waals surface area contributed by atoms with Crippen molar-refractivity contribution in [3.63, 3.8) is 0 Å². The Kier molecular flexibility index (Phi) is 5.42. The SMILES string of the molecule is CC(C)=CCc1cc(O)c(O)cc1C=Cc1ccc(C(=O)O)cc1. The van der Waals surface area contributed by atoms with Crippen LogP contribution in [0.4, 0.5) is 0 Å². The highest BCUT2D eigenvalue weighted by Crippen LogP contribution is 2.30. The first-order valence-electron chi connectivity index (χ1n) is 7.56. The number of hydrogen-bond acceptors (Lipinski definition) is 3. The maximum atomic E-state index is 10.9. The van der Waals surface area contributed by atoms with Crippen molar-refractivity contribution in [1.29, 1.82) is 0 Å². The van der Waals surface area contributed by atoms with E-state index in [1.165, 1.54) is 11.6 Å². The molecule has 4 heteroatoms. The van der Waals surface area contributed by atoms with Crippen LogP contribution >= 0.6 is 0 Å². The van der Waals surface area contributed by atoms with Crippen molar-refractivity contribution in [3.8, 4) is 11.5 Å². The number of carboxylic acids is 1. The largest absolute Gasteiger partial charge is 0.504 e. The highest BCUT2D eigenvalue weighted by molar-refractivity contribution is 5.88. The summed E-state index contributed by atoms with van der Waals surface area (Å²) in [6, 6.07) is 9.60. The molecule has 0 atom stereocenters. The van der Waals surface area contributed by atoms with E-state index in [0.717, 1.165) is 16.7 Å². The zero-order valence-corrected chi connectivity index (χ0v) is 13.7. The summed E-state index contributed by atoms with van der Waals surface area (Å²) in [4.78, 5) is 10.9. The first-order valence-corrected chi connectivity index (χ1v) is 7.56. The summed E-state index contributed by atoms with van der Waals surface area (Å²) in [5.41, 5.74) is 3.94. The molecule has 0 bridgehead atoms. The van der Waals surface area contributed by atoms with E-state index in [2.05, 4.69) is 0 Å². The lowest BCUT2D eigenvalue weighted by Crippen LogP contribution is -1.94. The summed E-state index contributed by atoms with van der Waals surface area (Å²) >= 11 is 0. The zero-order valence-electron chi connectivity index (χ0n) is 13.7. The Morgan fingerprint density at radius 2 is 1.62 bits per heavy atom. The Labute approximate surface area is 141 Å². The van der Waals surface area contributed by atoms with Crippen LogP contribution in [0.25, 0.3) is 12.2 Å². The van der Waals surface area contributed by atoms with Crippen molar-refractivity contribution >= 4 is 18.1 Å². The summed E-state index contributed by atoms with van der Waals surface area (Å²) in [5.74, 6) is -1.27. The van der Waals surface area contributed by atoms with Crippen LogP contribution in [0.2, 0.25) is 0 Å². The fraction of sp³-hybridized carbons (Fsp3) is 0.150. The number of allylic oxidation sites excluding steroid dienone is 2. The summed E-state index contributed by atoms with van der Waals surface area (Å²) in [6.45, 7) is 4.00. The molecule has 3 N–H and O–H groups in total. The van der Waals surface area contributed by atoms with Gasteiger partial charge >= 0.3 is 5.97 Å². The highest BCUT2D eigenvalue weighted by atomic mass is 16.4. The molecule has 2 aromatic rings. The van der Waals surface area contributed by atoms with Gasteiger partial charge in [0.15, 0.2) is 11.5 Å². The predicted octanol–water partition coefficient (Wildman–Crippen LogP) is 4.48. The first-order chi connectivity index (χ1) is 11.4. The van der Waals surface area contributed by atoms with Crippen LogP contribution in [0, 0.1) is 0 Å². The fourth-order valence-corrected chi connectivity index (χ4v) is 2.21. The molecule has 4 nitrogen and oxygen atoms in total. The molecule has 0 aromatic heterocycles. The number of benzene rings is 2. The van der Waals surface area contributed by atoms with Gasteiger partial charge in [0, 0.05) is 0 Å². The predicted molar refractivity (Wildman–Crippen MR) is 95.2 cm³/mol. The van der Waals surface area contributed by atoms with E-state index in [4.69, 9.17) is 5.11 Å². The molecule has 0 saturated heterocycles. The van der Waals surface area contributed by atoms with E-state index in [-0.39, 0.29) is 17.1 Å². The standard InChI is InChI=1S/C20H20O4/c1-13(2)3-7-16-11-18(21)19(22)12-17(16)10-6-14-4-8-15(9-5-14)20(23)24/h3-6,8-12,21-22H,7H2,1-2H3,(H,23,24). The highest BCUT2D eigenvalue weighted by Gasteiger charge is 2.06. The van der Waals surface area contributed by atoms with E-state index >= 15 is 0 Å². The van der Waals surface area contributed by atoms with E-state index in [9.17, 15) is 15.0 Å². The zero-order chi connectivity index (χ0) is 17.7. The lowest BCUT2D eigenvalue weighted by Gasteiger charge is -2.07. The van der Waals surface area contributed by atoms with Gasteiger partial charge in [-0.3, -0.25) is 0 Å². The second kappa shape index (κ2) is 7.51. The Morgan fingerprint density at radius 3 is 2.21 bits per heavy atom. The number of aromatic carboxylic acids is 1. The number of rotatable bonds is 5. The molecule has 0 heterocycles. The molecule has 0 aliphatic carbocycles. The van der Waals surface area contributed by atoms with Gasteiger partial charge in [-0.05, 0) is 61.2 Å². The number of carbonyl (C=O) groups is 1. The lowest BCUT2D eigenvalue weighted by molar-refractivity contribution is 0.0697. The van der Waals surface area contributed by atoms with Gasteiger partial charge in [-0.25, -0.2) is 4.79 Å². The third kappa shape index (κ3) is 4.49. The van der Waals surface area contributed by atoms with Gasteiger partial charge in [0.1, 0.15) is 0 Å². The molecule has 0 spiro atoms. The quantitative estimate of drug-likeness (QED) is 0.430. The third-order valence-corrected chi connectivity index (χ3v) is 3.58. The molecule has 2 aromatic carbocycles. The number of carboxylic acid groups (broad SMARTS) is 1. The summed E-state index contributed by atoms with van der Waals surface area (Å²) in [6.07, 6.45) is 6.37. The Bertz CT molecular complexity index is 795. The molecule has 24 heavy (non-hydrogen) atoms. The second-order valence-corrected chi connectivity index (χ2v) is 5.79. The van der Waals surface area contributed by atoms with Gasteiger partial charge in [-0.2, -0.15) is 0 Å². The Hall–Kier alpha value is -3.01. The number of phenols is 2. The molecule has 0 aliphatic rings. The van der Waals surface area contributed by atoms with Gasteiger partial charge in [0.2, 0.25) is 0 Å². The maximum absolute atomic E-state index is 10.9. The monoisotopic (exact) mass is 324 g/mol. The van der Waals surface area contributed by atoms with Gasteiger partial charge in [-0.15, -0.1) is 0 Å². The molecule has 2 rings (SSSR count). The Morgan fingerprint density at radius 1 is 1.00 bits per heavy atom. The lowest BCUT2D eigenvalue weighted by atomic mass is 10.0. The minimum Gasteiger partial charge on any atom is -0.504 e. The van der Waals surface area contributed by atoms with Crippen molar-refractivity contribution in [2.75, 3.05) is 0 Å². The molecule has 0 radical (unpaired) electrons. The van der Waals surface area contributed by atoms with E-state index < -0.39 is 5.97 Å². The Balaban J connectivity index is 2.31.